The molecular formula is C30H20N4. The summed E-state index contributed by atoms with van der Waals surface area (Å²) in [6.07, 6.45) is 2.61. The molecule has 0 saturated heterocycles. The highest BCUT2D eigenvalue weighted by Gasteiger charge is 2.25. The van der Waals surface area contributed by atoms with Crippen LogP contribution in [0.25, 0.3) is 50.5 Å². The first-order valence-corrected chi connectivity index (χ1v) is 11.4. The van der Waals surface area contributed by atoms with Gasteiger partial charge >= 0.3 is 0 Å². The van der Waals surface area contributed by atoms with E-state index in [1.54, 1.807) is 6.20 Å². The summed E-state index contributed by atoms with van der Waals surface area (Å²) < 4.78 is 2.19. The highest BCUT2D eigenvalue weighted by molar-refractivity contribution is 5.88. The summed E-state index contributed by atoms with van der Waals surface area (Å²) in [7, 11) is 0. The quantitative estimate of drug-likeness (QED) is 0.309. The van der Waals surface area contributed by atoms with Crippen molar-refractivity contribution >= 4 is 11.2 Å². The molecule has 0 spiro atoms. The molecule has 0 unspecified atom stereocenters. The number of aromatic nitrogens is 4. The van der Waals surface area contributed by atoms with Gasteiger partial charge in [-0.1, -0.05) is 84.9 Å². The van der Waals surface area contributed by atoms with Crippen LogP contribution in [0.4, 0.5) is 0 Å². The maximum absolute atomic E-state index is 4.95. The number of imidazole rings is 1. The number of nitrogens with zero attached hydrogens (tertiary/aromatic N) is 4. The lowest BCUT2D eigenvalue weighted by Crippen LogP contribution is -1.99. The number of fused-ring (bicyclic) bond motifs is 4. The van der Waals surface area contributed by atoms with Crippen LogP contribution in [0.3, 0.4) is 0 Å². The monoisotopic (exact) mass is 436 g/mol. The Bertz CT molecular complexity index is 1670. The minimum absolute atomic E-state index is 0.654. The van der Waals surface area contributed by atoms with Crippen LogP contribution in [0, 0.1) is 0 Å². The van der Waals surface area contributed by atoms with Crippen LogP contribution in [-0.4, -0.2) is 19.7 Å². The first kappa shape index (κ1) is 18.9. The van der Waals surface area contributed by atoms with Gasteiger partial charge in [0.25, 0.3) is 0 Å². The molecule has 4 aromatic carbocycles. The SMILES string of the molecule is c1ccc(-c2ccc3c(c2)Cc2c-3cccc2-c2nc3nnccc3n2-c2ccccc2)cc1. The van der Waals surface area contributed by atoms with Crippen LogP contribution in [0.15, 0.2) is 109 Å². The summed E-state index contributed by atoms with van der Waals surface area (Å²) in [4.78, 5) is 4.95. The average Bonchev–Trinajstić information content (AvgIpc) is 3.48. The molecule has 2 aromatic heterocycles. The van der Waals surface area contributed by atoms with E-state index >= 15 is 0 Å². The van der Waals surface area contributed by atoms with E-state index < -0.39 is 0 Å². The van der Waals surface area contributed by atoms with Crippen molar-refractivity contribution < 1.29 is 0 Å². The second-order valence-corrected chi connectivity index (χ2v) is 8.59. The van der Waals surface area contributed by atoms with Gasteiger partial charge in [-0.05, 0) is 58.0 Å². The molecule has 1 aliphatic rings. The first-order valence-electron chi connectivity index (χ1n) is 11.4. The molecule has 0 saturated carbocycles. The van der Waals surface area contributed by atoms with Crippen molar-refractivity contribution in [3.8, 4) is 39.3 Å². The number of para-hydroxylation sites is 1. The Hall–Kier alpha value is -4.57. The standard InChI is InChI=1S/C30H20N4/c1-3-8-20(9-4-1)21-14-15-24-22(18-21)19-27-25(24)12-7-13-26(27)30-32-29-28(16-17-31-33-29)34(30)23-10-5-2-6-11-23/h1-18H,19H2. The third-order valence-electron chi connectivity index (χ3n) is 6.65. The molecule has 160 valence electrons. The zero-order valence-corrected chi connectivity index (χ0v) is 18.4. The van der Waals surface area contributed by atoms with Crippen LogP contribution in [-0.2, 0) is 6.42 Å². The van der Waals surface area contributed by atoms with Crippen molar-refractivity contribution in [2.45, 2.75) is 6.42 Å². The molecule has 34 heavy (non-hydrogen) atoms. The van der Waals surface area contributed by atoms with Crippen LogP contribution in [0.2, 0.25) is 0 Å². The normalized spacial score (nSPS) is 12.0. The molecule has 6 aromatic rings. The molecule has 0 atom stereocenters. The molecule has 2 heterocycles. The van der Waals surface area contributed by atoms with E-state index in [4.69, 9.17) is 4.98 Å². The average molecular weight is 437 g/mol. The Balaban J connectivity index is 1.41. The van der Waals surface area contributed by atoms with Crippen molar-refractivity contribution in [2.24, 2.45) is 0 Å². The maximum Gasteiger partial charge on any atom is 0.200 e. The highest BCUT2D eigenvalue weighted by atomic mass is 15.2. The summed E-state index contributed by atoms with van der Waals surface area (Å²) in [6, 6.07) is 36.3. The molecule has 0 fully saturated rings. The van der Waals surface area contributed by atoms with Crippen LogP contribution in [0.1, 0.15) is 11.1 Å². The third kappa shape index (κ3) is 2.89. The zero-order chi connectivity index (χ0) is 22.5. The summed E-state index contributed by atoms with van der Waals surface area (Å²) in [5.74, 6) is 0.898. The van der Waals surface area contributed by atoms with Crippen molar-refractivity contribution in [1.82, 2.24) is 19.7 Å². The molecule has 4 heteroatoms. The Kier molecular flexibility index (Phi) is 4.18. The molecular weight excluding hydrogens is 416 g/mol. The molecule has 4 nitrogen and oxygen atoms in total. The molecule has 0 bridgehead atoms. The van der Waals surface area contributed by atoms with Gasteiger partial charge in [0.1, 0.15) is 5.82 Å². The van der Waals surface area contributed by atoms with E-state index in [9.17, 15) is 0 Å². The lowest BCUT2D eigenvalue weighted by molar-refractivity contribution is 1.06. The molecule has 0 amide bonds. The fourth-order valence-corrected chi connectivity index (χ4v) is 5.10. The molecule has 0 aliphatic heterocycles. The van der Waals surface area contributed by atoms with Gasteiger partial charge in [-0.3, -0.25) is 4.57 Å². The van der Waals surface area contributed by atoms with Gasteiger partial charge in [0.15, 0.2) is 0 Å². The largest absolute Gasteiger partial charge is 0.291 e. The Morgan fingerprint density at radius 1 is 0.647 bits per heavy atom. The van der Waals surface area contributed by atoms with E-state index in [1.807, 2.05) is 12.1 Å². The first-order chi connectivity index (χ1) is 16.9. The Labute approximate surface area is 197 Å². The topological polar surface area (TPSA) is 43.6 Å². The van der Waals surface area contributed by atoms with Gasteiger partial charge in [0, 0.05) is 11.3 Å². The molecule has 0 radical (unpaired) electrons. The van der Waals surface area contributed by atoms with E-state index in [0.29, 0.717) is 5.65 Å². The maximum atomic E-state index is 4.95. The van der Waals surface area contributed by atoms with Gasteiger partial charge in [-0.2, -0.15) is 5.10 Å². The number of rotatable bonds is 3. The predicted octanol–water partition coefficient (Wildman–Crippen LogP) is 6.72. The molecule has 0 N–H and O–H groups in total. The van der Waals surface area contributed by atoms with Gasteiger partial charge in [0.2, 0.25) is 5.65 Å². The van der Waals surface area contributed by atoms with Gasteiger partial charge in [-0.15, -0.1) is 5.10 Å². The second-order valence-electron chi connectivity index (χ2n) is 8.59. The van der Waals surface area contributed by atoms with Crippen molar-refractivity contribution in [3.05, 3.63) is 120 Å². The minimum atomic E-state index is 0.654. The van der Waals surface area contributed by atoms with Gasteiger partial charge in [0.05, 0.1) is 11.7 Å². The van der Waals surface area contributed by atoms with Crippen LogP contribution >= 0.6 is 0 Å². The fourth-order valence-electron chi connectivity index (χ4n) is 5.10. The van der Waals surface area contributed by atoms with E-state index in [1.165, 1.54) is 33.4 Å². The lowest BCUT2D eigenvalue weighted by Gasteiger charge is -2.12. The summed E-state index contributed by atoms with van der Waals surface area (Å²) in [6.45, 7) is 0. The smallest absolute Gasteiger partial charge is 0.200 e. The molecule has 7 rings (SSSR count). The zero-order valence-electron chi connectivity index (χ0n) is 18.4. The van der Waals surface area contributed by atoms with E-state index in [2.05, 4.69) is 106 Å². The Morgan fingerprint density at radius 2 is 1.44 bits per heavy atom. The summed E-state index contributed by atoms with van der Waals surface area (Å²) in [5, 5.41) is 8.38. The molecule has 1 aliphatic carbocycles. The third-order valence-corrected chi connectivity index (χ3v) is 6.65. The Morgan fingerprint density at radius 3 is 2.29 bits per heavy atom. The van der Waals surface area contributed by atoms with Crippen molar-refractivity contribution in [3.63, 3.8) is 0 Å². The van der Waals surface area contributed by atoms with Crippen molar-refractivity contribution in [2.75, 3.05) is 0 Å². The van der Waals surface area contributed by atoms with Gasteiger partial charge in [-0.25, -0.2) is 4.98 Å². The summed E-state index contributed by atoms with van der Waals surface area (Å²) >= 11 is 0. The highest BCUT2D eigenvalue weighted by Crippen LogP contribution is 2.43. The van der Waals surface area contributed by atoms with E-state index in [0.717, 1.165) is 29.0 Å². The minimum Gasteiger partial charge on any atom is -0.291 e. The number of hydrogen-bond donors (Lipinski definition) is 0. The lowest BCUT2D eigenvalue weighted by atomic mass is 9.99. The fraction of sp³-hybridized carbons (Fsp3) is 0.0333. The summed E-state index contributed by atoms with van der Waals surface area (Å²) in [5.41, 5.74) is 11.5. The van der Waals surface area contributed by atoms with Crippen LogP contribution in [0.5, 0.6) is 0 Å². The van der Waals surface area contributed by atoms with Crippen LogP contribution < -0.4 is 0 Å². The predicted molar refractivity (Wildman–Crippen MR) is 136 cm³/mol. The number of hydrogen-bond acceptors (Lipinski definition) is 3. The van der Waals surface area contributed by atoms with Gasteiger partial charge < -0.3 is 0 Å². The van der Waals surface area contributed by atoms with Crippen molar-refractivity contribution in [1.29, 1.82) is 0 Å². The second kappa shape index (κ2) is 7.49. The number of benzene rings is 4. The van der Waals surface area contributed by atoms with E-state index in [-0.39, 0.29) is 0 Å².